The Balaban J connectivity index is 3.10. The predicted octanol–water partition coefficient (Wildman–Crippen LogP) is 3.23. The molecule has 5 heteroatoms. The Morgan fingerprint density at radius 2 is 1.93 bits per heavy atom. The fourth-order valence-electron chi connectivity index (χ4n) is 0.827. The normalized spacial score (nSPS) is 10.8. The Hall–Kier alpha value is -1.06. The third-order valence-corrected chi connectivity index (χ3v) is 2.17. The highest BCUT2D eigenvalue weighted by atomic mass is 35.5. The zero-order valence-corrected chi connectivity index (χ0v) is 8.31. The molecule has 0 heterocycles. The summed E-state index contributed by atoms with van der Waals surface area (Å²) in [7, 11) is 0. The van der Waals surface area contributed by atoms with Gasteiger partial charge >= 0.3 is 5.97 Å². The molecule has 1 aromatic rings. The lowest BCUT2D eigenvalue weighted by atomic mass is 10.2. The lowest BCUT2D eigenvalue weighted by Gasteiger charge is -1.99. The molecule has 0 spiro atoms. The van der Waals surface area contributed by atoms with E-state index < -0.39 is 11.8 Å². The van der Waals surface area contributed by atoms with Crippen LogP contribution in [0.25, 0.3) is 6.08 Å². The monoisotopic (exact) mass is 234 g/mol. The van der Waals surface area contributed by atoms with E-state index in [1.165, 1.54) is 6.07 Å². The summed E-state index contributed by atoms with van der Waals surface area (Å²) >= 11 is 11.2. The van der Waals surface area contributed by atoms with Gasteiger partial charge in [-0.05, 0) is 18.2 Å². The molecule has 14 heavy (non-hydrogen) atoms. The molecule has 0 aromatic heterocycles. The van der Waals surface area contributed by atoms with E-state index in [0.29, 0.717) is 0 Å². The van der Waals surface area contributed by atoms with Crippen molar-refractivity contribution in [2.24, 2.45) is 0 Å². The third kappa shape index (κ3) is 2.72. The molecule has 0 aliphatic heterocycles. The van der Waals surface area contributed by atoms with Crippen LogP contribution >= 0.6 is 23.2 Å². The first kappa shape index (κ1) is 11.0. The minimum atomic E-state index is -1.16. The number of aliphatic carboxylic acids is 1. The maximum Gasteiger partial charge on any atom is 0.328 e. The van der Waals surface area contributed by atoms with Crippen molar-refractivity contribution in [3.8, 4) is 0 Å². The van der Waals surface area contributed by atoms with Crippen molar-refractivity contribution in [3.05, 3.63) is 39.6 Å². The van der Waals surface area contributed by atoms with E-state index in [2.05, 4.69) is 0 Å². The number of carboxylic acid groups (broad SMARTS) is 1. The molecule has 0 amide bonds. The van der Waals surface area contributed by atoms with Gasteiger partial charge in [0.1, 0.15) is 5.82 Å². The molecular formula is C9H5Cl2FO2. The summed E-state index contributed by atoms with van der Waals surface area (Å²) in [6.45, 7) is 0. The molecule has 0 aliphatic carbocycles. The van der Waals surface area contributed by atoms with E-state index in [1.807, 2.05) is 0 Å². The van der Waals surface area contributed by atoms with Crippen LogP contribution in [-0.4, -0.2) is 11.1 Å². The van der Waals surface area contributed by atoms with Crippen molar-refractivity contribution < 1.29 is 14.3 Å². The number of benzene rings is 1. The fraction of sp³-hybridized carbons (Fsp3) is 0. The minimum absolute atomic E-state index is 0.0850. The highest BCUT2D eigenvalue weighted by molar-refractivity contribution is 6.42. The smallest absolute Gasteiger partial charge is 0.328 e. The lowest BCUT2D eigenvalue weighted by Crippen LogP contribution is -1.88. The van der Waals surface area contributed by atoms with E-state index in [1.54, 1.807) is 0 Å². The van der Waals surface area contributed by atoms with E-state index >= 15 is 0 Å². The van der Waals surface area contributed by atoms with Crippen LogP contribution < -0.4 is 0 Å². The summed E-state index contributed by atoms with van der Waals surface area (Å²) in [5.74, 6) is -1.77. The Labute approximate surface area is 89.6 Å². The molecule has 0 radical (unpaired) electrons. The number of hydrogen-bond acceptors (Lipinski definition) is 1. The zero-order valence-electron chi connectivity index (χ0n) is 6.80. The van der Waals surface area contributed by atoms with Crippen LogP contribution in [0.3, 0.4) is 0 Å². The van der Waals surface area contributed by atoms with Crippen LogP contribution in [0.1, 0.15) is 5.56 Å². The fourth-order valence-corrected chi connectivity index (χ4v) is 1.15. The predicted molar refractivity (Wildman–Crippen MR) is 53.1 cm³/mol. The number of halogens is 3. The van der Waals surface area contributed by atoms with E-state index in [0.717, 1.165) is 18.2 Å². The Kier molecular flexibility index (Phi) is 3.49. The standard InChI is InChI=1S/C9H5Cl2FO2/c10-6-3-5(1-2-9(13)14)8(12)4-7(6)11/h1-4H,(H,13,14)/b2-1+. The summed E-state index contributed by atoms with van der Waals surface area (Å²) in [5.41, 5.74) is 0.0850. The molecule has 0 saturated heterocycles. The first-order chi connectivity index (χ1) is 6.50. The minimum Gasteiger partial charge on any atom is -0.478 e. The van der Waals surface area contributed by atoms with Crippen LogP contribution in [0.4, 0.5) is 4.39 Å². The van der Waals surface area contributed by atoms with Crippen molar-refractivity contribution in [1.29, 1.82) is 0 Å². The molecule has 1 aromatic carbocycles. The van der Waals surface area contributed by atoms with Gasteiger partial charge in [0.15, 0.2) is 0 Å². The topological polar surface area (TPSA) is 37.3 Å². The number of carbonyl (C=O) groups is 1. The largest absolute Gasteiger partial charge is 0.478 e. The van der Waals surface area contributed by atoms with Crippen molar-refractivity contribution in [2.75, 3.05) is 0 Å². The lowest BCUT2D eigenvalue weighted by molar-refractivity contribution is -0.131. The molecule has 2 nitrogen and oxygen atoms in total. The number of hydrogen-bond donors (Lipinski definition) is 1. The number of rotatable bonds is 2. The molecule has 0 fully saturated rings. The van der Waals surface area contributed by atoms with Gasteiger partial charge in [-0.2, -0.15) is 0 Å². The maximum absolute atomic E-state index is 13.1. The summed E-state index contributed by atoms with van der Waals surface area (Å²) in [6, 6.07) is 2.30. The molecular weight excluding hydrogens is 230 g/mol. The second-order valence-corrected chi connectivity index (χ2v) is 3.27. The second kappa shape index (κ2) is 4.44. The molecule has 0 atom stereocenters. The molecule has 0 unspecified atom stereocenters. The first-order valence-corrected chi connectivity index (χ1v) is 4.32. The van der Waals surface area contributed by atoms with Crippen LogP contribution in [0, 0.1) is 5.82 Å². The van der Waals surface area contributed by atoms with Crippen molar-refractivity contribution in [3.63, 3.8) is 0 Å². The zero-order chi connectivity index (χ0) is 10.7. The van der Waals surface area contributed by atoms with Crippen LogP contribution in [0.2, 0.25) is 10.0 Å². The van der Waals surface area contributed by atoms with E-state index in [4.69, 9.17) is 28.3 Å². The average Bonchev–Trinajstić information content (AvgIpc) is 2.09. The van der Waals surface area contributed by atoms with Crippen molar-refractivity contribution >= 4 is 35.2 Å². The molecule has 0 aliphatic rings. The van der Waals surface area contributed by atoms with E-state index in [-0.39, 0.29) is 15.6 Å². The van der Waals surface area contributed by atoms with Crippen molar-refractivity contribution in [2.45, 2.75) is 0 Å². The maximum atomic E-state index is 13.1. The molecule has 0 bridgehead atoms. The highest BCUT2D eigenvalue weighted by Crippen LogP contribution is 2.25. The van der Waals surface area contributed by atoms with Gasteiger partial charge in [-0.1, -0.05) is 23.2 Å². The van der Waals surface area contributed by atoms with Gasteiger partial charge in [-0.25, -0.2) is 9.18 Å². The van der Waals surface area contributed by atoms with Crippen LogP contribution in [-0.2, 0) is 4.79 Å². The van der Waals surface area contributed by atoms with Crippen molar-refractivity contribution in [1.82, 2.24) is 0 Å². The van der Waals surface area contributed by atoms with Gasteiger partial charge in [0.2, 0.25) is 0 Å². The SMILES string of the molecule is O=C(O)/C=C/c1cc(Cl)c(Cl)cc1F. The number of carboxylic acids is 1. The van der Waals surface area contributed by atoms with Gasteiger partial charge in [-0.15, -0.1) is 0 Å². The summed E-state index contributed by atoms with van der Waals surface area (Å²) in [5, 5.41) is 8.59. The molecule has 74 valence electrons. The first-order valence-electron chi connectivity index (χ1n) is 3.56. The van der Waals surface area contributed by atoms with Gasteiger partial charge in [0.05, 0.1) is 10.0 Å². The second-order valence-electron chi connectivity index (χ2n) is 2.46. The van der Waals surface area contributed by atoms with Gasteiger partial charge in [0.25, 0.3) is 0 Å². The van der Waals surface area contributed by atoms with Gasteiger partial charge in [-0.3, -0.25) is 0 Å². The van der Waals surface area contributed by atoms with Gasteiger partial charge in [0, 0.05) is 11.6 Å². The Bertz CT molecular complexity index is 402. The molecule has 1 N–H and O–H groups in total. The van der Waals surface area contributed by atoms with Crippen LogP contribution in [0.5, 0.6) is 0 Å². The quantitative estimate of drug-likeness (QED) is 0.631. The Morgan fingerprint density at radius 3 is 2.50 bits per heavy atom. The summed E-state index contributed by atoms with van der Waals surface area (Å²) in [6.07, 6.45) is 1.93. The average molecular weight is 235 g/mol. The summed E-state index contributed by atoms with van der Waals surface area (Å²) in [4.78, 5) is 10.2. The third-order valence-electron chi connectivity index (χ3n) is 1.45. The highest BCUT2D eigenvalue weighted by Gasteiger charge is 2.04. The van der Waals surface area contributed by atoms with E-state index in [9.17, 15) is 9.18 Å². The Morgan fingerprint density at radius 1 is 1.36 bits per heavy atom. The van der Waals surface area contributed by atoms with Crippen LogP contribution in [0.15, 0.2) is 18.2 Å². The van der Waals surface area contributed by atoms with Gasteiger partial charge < -0.3 is 5.11 Å². The summed E-state index contributed by atoms with van der Waals surface area (Å²) < 4.78 is 13.1. The molecule has 1 rings (SSSR count). The molecule has 0 saturated carbocycles.